The van der Waals surface area contributed by atoms with E-state index < -0.39 is 0 Å². The van der Waals surface area contributed by atoms with Gasteiger partial charge in [0, 0.05) is 37.3 Å². The molecular formula is C24H25FN4O. The van der Waals surface area contributed by atoms with E-state index in [-0.39, 0.29) is 17.3 Å². The molecule has 1 saturated heterocycles. The molecule has 0 aliphatic carbocycles. The second-order valence-electron chi connectivity index (χ2n) is 8.51. The molecule has 1 aromatic heterocycles. The smallest absolute Gasteiger partial charge is 0.254 e. The van der Waals surface area contributed by atoms with Gasteiger partial charge in [0.1, 0.15) is 5.82 Å². The van der Waals surface area contributed by atoms with Crippen molar-refractivity contribution in [2.75, 3.05) is 26.7 Å². The lowest BCUT2D eigenvalue weighted by Gasteiger charge is -2.49. The summed E-state index contributed by atoms with van der Waals surface area (Å²) < 4.78 is 16.0. The summed E-state index contributed by atoms with van der Waals surface area (Å²) in [5, 5.41) is 0. The third-order valence-corrected chi connectivity index (χ3v) is 6.32. The number of hydrogen-bond donors (Lipinski definition) is 0. The molecule has 1 atom stereocenters. The van der Waals surface area contributed by atoms with Crippen molar-refractivity contribution in [3.05, 3.63) is 78.0 Å². The summed E-state index contributed by atoms with van der Waals surface area (Å²) in [6, 6.07) is 16.2. The minimum absolute atomic E-state index is 0.105. The maximum absolute atomic E-state index is 13.7. The summed E-state index contributed by atoms with van der Waals surface area (Å²) >= 11 is 0. The van der Waals surface area contributed by atoms with Crippen molar-refractivity contribution >= 4 is 5.91 Å². The average Bonchev–Trinajstić information content (AvgIpc) is 3.18. The average molecular weight is 404 g/mol. The van der Waals surface area contributed by atoms with Crippen molar-refractivity contribution in [1.82, 2.24) is 19.4 Å². The normalized spacial score (nSPS) is 21.6. The third kappa shape index (κ3) is 3.21. The molecule has 6 heteroatoms. The van der Waals surface area contributed by atoms with E-state index in [1.54, 1.807) is 12.1 Å². The first kappa shape index (κ1) is 19.0. The molecule has 1 amide bonds. The fourth-order valence-corrected chi connectivity index (χ4v) is 5.08. The quantitative estimate of drug-likeness (QED) is 0.653. The number of halogens is 1. The van der Waals surface area contributed by atoms with Crippen LogP contribution in [-0.2, 0) is 12.1 Å². The topological polar surface area (TPSA) is 41.4 Å². The van der Waals surface area contributed by atoms with E-state index in [0.29, 0.717) is 18.7 Å². The number of nitrogens with zero attached hydrogens (tertiary/aromatic N) is 4. The molecule has 2 aromatic carbocycles. The van der Waals surface area contributed by atoms with Crippen LogP contribution in [0.3, 0.4) is 0 Å². The predicted octanol–water partition coefficient (Wildman–Crippen LogP) is 3.77. The number of carbonyl (C=O) groups excluding carboxylic acids is 1. The molecular weight excluding hydrogens is 379 g/mol. The highest BCUT2D eigenvalue weighted by Gasteiger charge is 2.44. The number of benzene rings is 2. The highest BCUT2D eigenvalue weighted by atomic mass is 19.1. The summed E-state index contributed by atoms with van der Waals surface area (Å²) in [5.74, 6) is -0.485. The highest BCUT2D eigenvalue weighted by Crippen LogP contribution is 2.38. The van der Waals surface area contributed by atoms with Crippen LogP contribution in [0.15, 0.2) is 60.9 Å². The number of rotatable bonds is 2. The van der Waals surface area contributed by atoms with Gasteiger partial charge in [-0.2, -0.15) is 0 Å². The van der Waals surface area contributed by atoms with Gasteiger partial charge >= 0.3 is 0 Å². The molecule has 1 spiro atoms. The number of fused-ring (bicyclic) bond motifs is 2. The summed E-state index contributed by atoms with van der Waals surface area (Å²) in [5.41, 5.74) is 3.50. The molecule has 5 nitrogen and oxygen atoms in total. The zero-order chi connectivity index (χ0) is 20.7. The van der Waals surface area contributed by atoms with Crippen molar-refractivity contribution < 1.29 is 9.18 Å². The van der Waals surface area contributed by atoms with E-state index in [1.807, 2.05) is 29.4 Å². The Bertz CT molecular complexity index is 1080. The van der Waals surface area contributed by atoms with Crippen LogP contribution in [0.5, 0.6) is 0 Å². The lowest BCUT2D eigenvalue weighted by molar-refractivity contribution is 0.0324. The Morgan fingerprint density at radius 1 is 1.10 bits per heavy atom. The first-order valence-corrected chi connectivity index (χ1v) is 10.4. The van der Waals surface area contributed by atoms with E-state index in [4.69, 9.17) is 4.98 Å². The Balaban J connectivity index is 1.50. The Morgan fingerprint density at radius 3 is 2.73 bits per heavy atom. The molecule has 1 fully saturated rings. The summed E-state index contributed by atoms with van der Waals surface area (Å²) in [6.07, 6.45) is 3.84. The fourth-order valence-electron chi connectivity index (χ4n) is 5.08. The molecule has 2 aliphatic rings. The van der Waals surface area contributed by atoms with Crippen LogP contribution in [0.25, 0.3) is 11.3 Å². The van der Waals surface area contributed by atoms with Gasteiger partial charge in [-0.1, -0.05) is 36.4 Å². The number of hydrogen-bond acceptors (Lipinski definition) is 3. The Labute approximate surface area is 175 Å². The molecule has 2 aliphatic heterocycles. The third-order valence-electron chi connectivity index (χ3n) is 6.32. The highest BCUT2D eigenvalue weighted by molar-refractivity contribution is 5.94. The number of likely N-dealkylation sites (N-methyl/N-ethyl adjacent to an activating group) is 1. The number of aromatic nitrogens is 2. The number of amides is 1. The molecule has 1 unspecified atom stereocenters. The van der Waals surface area contributed by atoms with Crippen molar-refractivity contribution in [3.63, 3.8) is 0 Å². The Kier molecular flexibility index (Phi) is 4.66. The van der Waals surface area contributed by atoms with Gasteiger partial charge in [-0.3, -0.25) is 9.69 Å². The Morgan fingerprint density at radius 2 is 1.93 bits per heavy atom. The Hall–Kier alpha value is -2.99. The lowest BCUT2D eigenvalue weighted by Crippen LogP contribution is -2.58. The molecule has 0 bridgehead atoms. The van der Waals surface area contributed by atoms with Crippen LogP contribution >= 0.6 is 0 Å². The van der Waals surface area contributed by atoms with Gasteiger partial charge in [0.15, 0.2) is 0 Å². The molecule has 3 heterocycles. The van der Waals surface area contributed by atoms with Gasteiger partial charge in [-0.15, -0.1) is 0 Å². The maximum Gasteiger partial charge on any atom is 0.254 e. The number of likely N-dealkylation sites (tertiary alicyclic amines) is 1. The van der Waals surface area contributed by atoms with Crippen molar-refractivity contribution in [1.29, 1.82) is 0 Å². The zero-order valence-electron chi connectivity index (χ0n) is 17.1. The summed E-state index contributed by atoms with van der Waals surface area (Å²) in [7, 11) is 2.13. The van der Waals surface area contributed by atoms with Crippen molar-refractivity contribution in [2.45, 2.75) is 24.9 Å². The summed E-state index contributed by atoms with van der Waals surface area (Å²) in [6.45, 7) is 2.97. The van der Waals surface area contributed by atoms with Crippen molar-refractivity contribution in [2.24, 2.45) is 0 Å². The van der Waals surface area contributed by atoms with Crippen LogP contribution < -0.4 is 0 Å². The molecule has 0 saturated carbocycles. The van der Waals surface area contributed by atoms with Crippen LogP contribution in [0, 0.1) is 5.82 Å². The molecule has 0 radical (unpaired) electrons. The van der Waals surface area contributed by atoms with Gasteiger partial charge in [0.05, 0.1) is 23.3 Å². The second-order valence-corrected chi connectivity index (χ2v) is 8.51. The molecule has 5 rings (SSSR count). The van der Waals surface area contributed by atoms with Gasteiger partial charge in [-0.25, -0.2) is 9.37 Å². The maximum atomic E-state index is 13.7. The largest absolute Gasteiger partial charge is 0.336 e. The van der Waals surface area contributed by atoms with E-state index in [9.17, 15) is 9.18 Å². The second kappa shape index (κ2) is 7.36. The van der Waals surface area contributed by atoms with Gasteiger partial charge in [0.25, 0.3) is 5.91 Å². The van der Waals surface area contributed by atoms with Crippen LogP contribution in [0.1, 0.15) is 28.9 Å². The van der Waals surface area contributed by atoms with Gasteiger partial charge < -0.3 is 9.47 Å². The SMILES string of the molecule is CN1Cc2c(-c3ccccc3)ncn2C2(CCCN(C(=O)c3cccc(F)c3)C2)C1. The zero-order valence-corrected chi connectivity index (χ0v) is 17.1. The van der Waals surface area contributed by atoms with E-state index in [2.05, 4.69) is 28.6 Å². The molecule has 3 aromatic rings. The summed E-state index contributed by atoms with van der Waals surface area (Å²) in [4.78, 5) is 22.1. The minimum atomic E-state index is -0.380. The lowest BCUT2D eigenvalue weighted by atomic mass is 9.85. The minimum Gasteiger partial charge on any atom is -0.336 e. The number of imidazole rings is 1. The first-order valence-electron chi connectivity index (χ1n) is 10.4. The van der Waals surface area contributed by atoms with Crippen LogP contribution in [0.4, 0.5) is 4.39 Å². The van der Waals surface area contributed by atoms with Crippen LogP contribution in [-0.4, -0.2) is 51.9 Å². The standard InChI is InChI=1S/C24H25FN4O/c1-27-14-21-22(18-7-3-2-4-8-18)26-17-29(21)24(15-27)11-6-12-28(16-24)23(30)19-9-5-10-20(25)13-19/h2-5,7-10,13,17H,6,11-12,14-16H2,1H3. The van der Waals surface area contributed by atoms with Crippen LogP contribution in [0.2, 0.25) is 0 Å². The van der Waals surface area contributed by atoms with Gasteiger partial charge in [0.2, 0.25) is 0 Å². The monoisotopic (exact) mass is 404 g/mol. The van der Waals surface area contributed by atoms with E-state index in [1.165, 1.54) is 17.8 Å². The number of carbonyl (C=O) groups is 1. The molecule has 154 valence electrons. The van der Waals surface area contributed by atoms with E-state index in [0.717, 1.165) is 37.2 Å². The predicted molar refractivity (Wildman–Crippen MR) is 114 cm³/mol. The molecule has 0 N–H and O–H groups in total. The first-order chi connectivity index (χ1) is 14.6. The fraction of sp³-hybridized carbons (Fsp3) is 0.333. The molecule has 30 heavy (non-hydrogen) atoms. The number of piperidine rings is 1. The van der Waals surface area contributed by atoms with Crippen molar-refractivity contribution in [3.8, 4) is 11.3 Å². The van der Waals surface area contributed by atoms with Gasteiger partial charge in [-0.05, 0) is 38.1 Å². The van der Waals surface area contributed by atoms with E-state index >= 15 is 0 Å².